The number of piperazine rings is 1. The Balaban J connectivity index is 1.76. The Morgan fingerprint density at radius 2 is 1.95 bits per heavy atom. The van der Waals surface area contributed by atoms with Crippen molar-refractivity contribution in [2.45, 2.75) is 51.1 Å². The van der Waals surface area contributed by atoms with E-state index in [1.807, 2.05) is 7.05 Å². The molecule has 1 saturated heterocycles. The molecule has 4 nitrogen and oxygen atoms in total. The molecule has 1 saturated carbocycles. The summed E-state index contributed by atoms with van der Waals surface area (Å²) in [4.78, 5) is 5.17. The molecule has 0 aromatic heterocycles. The molecule has 1 heterocycles. The minimum Gasteiger partial charge on any atom is -0.394 e. The molecule has 4 heteroatoms. The number of hydrogen-bond acceptors (Lipinski definition) is 4. The van der Waals surface area contributed by atoms with Gasteiger partial charge in [-0.3, -0.25) is 4.90 Å². The van der Waals surface area contributed by atoms with Gasteiger partial charge in [-0.1, -0.05) is 6.42 Å². The highest BCUT2D eigenvalue weighted by Gasteiger charge is 2.40. The first-order valence-corrected chi connectivity index (χ1v) is 8.37. The van der Waals surface area contributed by atoms with Crippen molar-refractivity contribution in [3.05, 3.63) is 0 Å². The maximum absolute atomic E-state index is 9.74. The van der Waals surface area contributed by atoms with Crippen LogP contribution in [-0.2, 0) is 0 Å². The highest BCUT2D eigenvalue weighted by atomic mass is 16.3. The van der Waals surface area contributed by atoms with Gasteiger partial charge in [0.1, 0.15) is 0 Å². The molecule has 2 unspecified atom stereocenters. The predicted octanol–water partition coefficient (Wildman–Crippen LogP) is 1.15. The lowest BCUT2D eigenvalue weighted by atomic mass is 9.85. The summed E-state index contributed by atoms with van der Waals surface area (Å²) >= 11 is 0. The van der Waals surface area contributed by atoms with Crippen molar-refractivity contribution in [1.29, 1.82) is 0 Å². The third-order valence-electron chi connectivity index (χ3n) is 5.67. The summed E-state index contributed by atoms with van der Waals surface area (Å²) in [6.45, 7) is 10.9. The molecular formula is C16H33N3O. The van der Waals surface area contributed by atoms with Gasteiger partial charge >= 0.3 is 0 Å². The van der Waals surface area contributed by atoms with Gasteiger partial charge in [0.25, 0.3) is 0 Å². The van der Waals surface area contributed by atoms with E-state index >= 15 is 0 Å². The van der Waals surface area contributed by atoms with E-state index < -0.39 is 0 Å². The van der Waals surface area contributed by atoms with E-state index in [0.29, 0.717) is 12.0 Å². The molecule has 0 aromatic rings. The van der Waals surface area contributed by atoms with E-state index in [-0.39, 0.29) is 12.1 Å². The van der Waals surface area contributed by atoms with E-state index in [2.05, 4.69) is 29.0 Å². The Kier molecular flexibility index (Phi) is 5.84. The third-order valence-corrected chi connectivity index (χ3v) is 5.67. The van der Waals surface area contributed by atoms with Crippen molar-refractivity contribution in [2.24, 2.45) is 5.92 Å². The summed E-state index contributed by atoms with van der Waals surface area (Å²) in [5.41, 5.74) is -0.000243. The average molecular weight is 283 g/mol. The lowest BCUT2D eigenvalue weighted by Crippen LogP contribution is -2.52. The quantitative estimate of drug-likeness (QED) is 0.767. The van der Waals surface area contributed by atoms with Gasteiger partial charge in [0.05, 0.1) is 6.61 Å². The lowest BCUT2D eigenvalue weighted by molar-refractivity contribution is 0.0878. The van der Waals surface area contributed by atoms with E-state index in [1.165, 1.54) is 52.0 Å². The van der Waals surface area contributed by atoms with Gasteiger partial charge in [-0.15, -0.1) is 0 Å². The molecule has 0 amide bonds. The van der Waals surface area contributed by atoms with Crippen LogP contribution in [0.25, 0.3) is 0 Å². The summed E-state index contributed by atoms with van der Waals surface area (Å²) in [5, 5.41) is 13.1. The van der Waals surface area contributed by atoms with Crippen molar-refractivity contribution in [2.75, 3.05) is 46.4 Å². The van der Waals surface area contributed by atoms with Crippen LogP contribution in [0.3, 0.4) is 0 Å². The Bertz CT molecular complexity index is 283. The van der Waals surface area contributed by atoms with E-state index in [1.54, 1.807) is 0 Å². The number of hydrogen-bond donors (Lipinski definition) is 2. The van der Waals surface area contributed by atoms with Gasteiger partial charge in [0, 0.05) is 37.8 Å². The third kappa shape index (κ3) is 3.53. The monoisotopic (exact) mass is 283 g/mol. The second-order valence-electron chi connectivity index (χ2n) is 6.91. The number of likely N-dealkylation sites (N-methyl/N-ethyl adjacent to an activating group) is 1. The standard InChI is InChI=1S/C16H33N3O/c1-14(2)19-11-9-18(10-12-19)8-6-15-5-4-7-16(15,13-20)17-3/h14-15,17,20H,4-13H2,1-3H3. The molecule has 0 aromatic carbocycles. The van der Waals surface area contributed by atoms with Crippen molar-refractivity contribution >= 4 is 0 Å². The minimum atomic E-state index is -0.000243. The second-order valence-corrected chi connectivity index (χ2v) is 6.91. The fraction of sp³-hybridized carbons (Fsp3) is 1.00. The van der Waals surface area contributed by atoms with Crippen molar-refractivity contribution < 1.29 is 5.11 Å². The highest BCUT2D eigenvalue weighted by molar-refractivity contribution is 4.98. The molecule has 0 spiro atoms. The number of aliphatic hydroxyl groups is 1. The molecular weight excluding hydrogens is 250 g/mol. The van der Waals surface area contributed by atoms with Gasteiger partial charge in [-0.25, -0.2) is 0 Å². The molecule has 1 aliphatic heterocycles. The molecule has 1 aliphatic carbocycles. The molecule has 2 atom stereocenters. The summed E-state index contributed by atoms with van der Waals surface area (Å²) in [7, 11) is 2.01. The van der Waals surface area contributed by atoms with Crippen LogP contribution in [0.2, 0.25) is 0 Å². The molecule has 0 radical (unpaired) electrons. The SMILES string of the molecule is CNC1(CO)CCCC1CCN1CCN(C(C)C)CC1. The lowest BCUT2D eigenvalue weighted by Gasteiger charge is -2.39. The first kappa shape index (κ1) is 16.2. The first-order chi connectivity index (χ1) is 9.61. The van der Waals surface area contributed by atoms with E-state index in [0.717, 1.165) is 6.42 Å². The maximum Gasteiger partial charge on any atom is 0.0615 e. The zero-order valence-corrected chi connectivity index (χ0v) is 13.6. The van der Waals surface area contributed by atoms with Crippen LogP contribution in [0, 0.1) is 5.92 Å². The van der Waals surface area contributed by atoms with Crippen molar-refractivity contribution in [1.82, 2.24) is 15.1 Å². The smallest absolute Gasteiger partial charge is 0.0615 e. The van der Waals surface area contributed by atoms with Crippen LogP contribution in [0.15, 0.2) is 0 Å². The second kappa shape index (κ2) is 7.21. The zero-order chi connectivity index (χ0) is 14.6. The fourth-order valence-corrected chi connectivity index (χ4v) is 4.02. The molecule has 2 rings (SSSR count). The summed E-state index contributed by atoms with van der Waals surface area (Å²) in [6.07, 6.45) is 4.88. The largest absolute Gasteiger partial charge is 0.394 e. The summed E-state index contributed by atoms with van der Waals surface area (Å²) < 4.78 is 0. The van der Waals surface area contributed by atoms with Crippen LogP contribution in [0.5, 0.6) is 0 Å². The fourth-order valence-electron chi connectivity index (χ4n) is 4.02. The maximum atomic E-state index is 9.74. The molecule has 2 aliphatic rings. The summed E-state index contributed by atoms with van der Waals surface area (Å²) in [5.74, 6) is 0.639. The van der Waals surface area contributed by atoms with Gasteiger partial charge in [-0.05, 0) is 52.6 Å². The Morgan fingerprint density at radius 1 is 1.25 bits per heavy atom. The van der Waals surface area contributed by atoms with Crippen LogP contribution in [0.1, 0.15) is 39.5 Å². The molecule has 118 valence electrons. The van der Waals surface area contributed by atoms with Gasteiger partial charge in [-0.2, -0.15) is 0 Å². The molecule has 2 fully saturated rings. The van der Waals surface area contributed by atoms with Crippen LogP contribution >= 0.6 is 0 Å². The number of nitrogens with zero attached hydrogens (tertiary/aromatic N) is 2. The topological polar surface area (TPSA) is 38.7 Å². The molecule has 0 bridgehead atoms. The normalized spacial score (nSPS) is 33.1. The highest BCUT2D eigenvalue weighted by Crippen LogP contribution is 2.37. The Labute approximate surface area is 124 Å². The molecule has 20 heavy (non-hydrogen) atoms. The van der Waals surface area contributed by atoms with E-state index in [4.69, 9.17) is 0 Å². The average Bonchev–Trinajstić information content (AvgIpc) is 2.89. The first-order valence-electron chi connectivity index (χ1n) is 8.37. The van der Waals surface area contributed by atoms with Crippen LogP contribution in [0.4, 0.5) is 0 Å². The van der Waals surface area contributed by atoms with Crippen LogP contribution < -0.4 is 5.32 Å². The number of rotatable bonds is 6. The number of aliphatic hydroxyl groups excluding tert-OH is 1. The number of nitrogens with one attached hydrogen (secondary N) is 1. The zero-order valence-electron chi connectivity index (χ0n) is 13.6. The Morgan fingerprint density at radius 3 is 2.50 bits per heavy atom. The van der Waals surface area contributed by atoms with E-state index in [9.17, 15) is 5.11 Å². The van der Waals surface area contributed by atoms with Crippen LogP contribution in [-0.4, -0.2) is 72.9 Å². The minimum absolute atomic E-state index is 0.000243. The van der Waals surface area contributed by atoms with Crippen molar-refractivity contribution in [3.63, 3.8) is 0 Å². The predicted molar refractivity (Wildman–Crippen MR) is 84.0 cm³/mol. The Hall–Kier alpha value is -0.160. The van der Waals surface area contributed by atoms with Gasteiger partial charge in [0.15, 0.2) is 0 Å². The van der Waals surface area contributed by atoms with Gasteiger partial charge in [0.2, 0.25) is 0 Å². The molecule has 2 N–H and O–H groups in total. The van der Waals surface area contributed by atoms with Gasteiger partial charge < -0.3 is 15.3 Å². The summed E-state index contributed by atoms with van der Waals surface area (Å²) in [6, 6.07) is 0.679. The van der Waals surface area contributed by atoms with Crippen molar-refractivity contribution in [3.8, 4) is 0 Å².